The van der Waals surface area contributed by atoms with Crippen LogP contribution in [-0.2, 0) is 12.8 Å². The zero-order valence-electron chi connectivity index (χ0n) is 15.7. The number of nitrogens with zero attached hydrogens (tertiary/aromatic N) is 2. The highest BCUT2D eigenvalue weighted by molar-refractivity contribution is 7.22. The molecule has 4 nitrogen and oxygen atoms in total. The van der Waals surface area contributed by atoms with Crippen LogP contribution in [-0.4, -0.2) is 18.0 Å². The summed E-state index contributed by atoms with van der Waals surface area (Å²) in [5.41, 5.74) is 4.77. The lowest BCUT2D eigenvalue weighted by Gasteiger charge is -2.11. The molecule has 0 fully saturated rings. The summed E-state index contributed by atoms with van der Waals surface area (Å²) in [7, 11) is 0. The van der Waals surface area contributed by atoms with Crippen LogP contribution >= 0.6 is 22.7 Å². The molecule has 0 saturated carbocycles. The van der Waals surface area contributed by atoms with Gasteiger partial charge in [-0.25, -0.2) is 9.98 Å². The van der Waals surface area contributed by atoms with E-state index in [1.54, 1.807) is 11.3 Å². The number of thiophene rings is 1. The highest BCUT2D eigenvalue weighted by Gasteiger charge is 2.24. The Hall–Kier alpha value is -2.70. The van der Waals surface area contributed by atoms with Crippen LogP contribution in [0.4, 0.5) is 5.00 Å². The van der Waals surface area contributed by atoms with E-state index in [2.05, 4.69) is 18.2 Å². The minimum atomic E-state index is 0.287. The molecule has 0 spiro atoms. The molecular weight excluding hydrogens is 400 g/mol. The predicted molar refractivity (Wildman–Crippen MR) is 119 cm³/mol. The lowest BCUT2D eigenvalue weighted by Crippen LogP contribution is -1.99. The van der Waals surface area contributed by atoms with E-state index in [1.165, 1.54) is 33.5 Å². The van der Waals surface area contributed by atoms with Crippen molar-refractivity contribution in [3.8, 4) is 22.1 Å². The fourth-order valence-corrected chi connectivity index (χ4v) is 6.31. The van der Waals surface area contributed by atoms with Crippen LogP contribution in [0.1, 0.15) is 28.8 Å². The van der Waals surface area contributed by atoms with Crippen molar-refractivity contribution in [3.05, 3.63) is 58.5 Å². The Balaban J connectivity index is 1.44. The molecule has 0 amide bonds. The predicted octanol–water partition coefficient (Wildman–Crippen LogP) is 6.38. The third kappa shape index (κ3) is 3.03. The van der Waals surface area contributed by atoms with Gasteiger partial charge in [0.15, 0.2) is 11.5 Å². The standard InChI is InChI=1S/C23H18N2O2S2/c1-3-7-19-15(5-1)21(23-25-16-6-2-4-8-20(16)29-23)22(28-19)24-12-14-9-10-17-18(11-14)27-13-26-17/h2,4,6,8-12H,1,3,5,7,13H2/b24-12+. The molecule has 144 valence electrons. The molecule has 6 rings (SSSR count). The largest absolute Gasteiger partial charge is 0.454 e. The van der Waals surface area contributed by atoms with Crippen LogP contribution in [0.15, 0.2) is 47.5 Å². The first-order valence-electron chi connectivity index (χ1n) is 9.79. The number of benzene rings is 2. The van der Waals surface area contributed by atoms with E-state index in [1.807, 2.05) is 41.8 Å². The maximum Gasteiger partial charge on any atom is 0.231 e. The zero-order chi connectivity index (χ0) is 19.2. The molecule has 2 aliphatic rings. The summed E-state index contributed by atoms with van der Waals surface area (Å²) in [6.45, 7) is 0.287. The van der Waals surface area contributed by atoms with Gasteiger partial charge in [-0.2, -0.15) is 0 Å². The van der Waals surface area contributed by atoms with Gasteiger partial charge in [-0.3, -0.25) is 0 Å². The molecule has 1 aliphatic heterocycles. The molecule has 29 heavy (non-hydrogen) atoms. The first-order valence-corrected chi connectivity index (χ1v) is 11.4. The van der Waals surface area contributed by atoms with E-state index in [-0.39, 0.29) is 6.79 Å². The summed E-state index contributed by atoms with van der Waals surface area (Å²) in [6.07, 6.45) is 6.70. The van der Waals surface area contributed by atoms with Crippen LogP contribution in [0.3, 0.4) is 0 Å². The molecule has 0 bridgehead atoms. The SMILES string of the molecule is C(=N\c1sc2c(c1-c1nc3ccccc3s1)CCCC2)/c1ccc2c(c1)OCO2. The van der Waals surface area contributed by atoms with Gasteiger partial charge in [0.05, 0.1) is 15.8 Å². The Kier molecular flexibility index (Phi) is 4.13. The second kappa shape index (κ2) is 6.97. The number of fused-ring (bicyclic) bond motifs is 3. The second-order valence-electron chi connectivity index (χ2n) is 7.25. The average Bonchev–Trinajstić information content (AvgIpc) is 3.46. The number of aryl methyl sites for hydroxylation is 1. The van der Waals surface area contributed by atoms with Crippen molar-refractivity contribution in [1.29, 1.82) is 0 Å². The third-order valence-electron chi connectivity index (χ3n) is 5.39. The molecule has 0 N–H and O–H groups in total. The van der Waals surface area contributed by atoms with Crippen LogP contribution in [0.2, 0.25) is 0 Å². The molecule has 0 saturated heterocycles. The smallest absolute Gasteiger partial charge is 0.231 e. The first kappa shape index (κ1) is 17.2. The van der Waals surface area contributed by atoms with Gasteiger partial charge in [0.2, 0.25) is 6.79 Å². The van der Waals surface area contributed by atoms with Gasteiger partial charge >= 0.3 is 0 Å². The van der Waals surface area contributed by atoms with E-state index in [9.17, 15) is 0 Å². The summed E-state index contributed by atoms with van der Waals surface area (Å²) >= 11 is 3.59. The van der Waals surface area contributed by atoms with Crippen molar-refractivity contribution in [1.82, 2.24) is 4.98 Å². The van der Waals surface area contributed by atoms with Crippen LogP contribution in [0.25, 0.3) is 20.8 Å². The molecule has 2 aromatic heterocycles. The number of hydrogen-bond acceptors (Lipinski definition) is 6. The summed E-state index contributed by atoms with van der Waals surface area (Å²) in [5.74, 6) is 1.58. The minimum absolute atomic E-state index is 0.287. The molecule has 0 atom stereocenters. The fraction of sp³-hybridized carbons (Fsp3) is 0.217. The highest BCUT2D eigenvalue weighted by atomic mass is 32.1. The Morgan fingerprint density at radius 3 is 2.83 bits per heavy atom. The molecule has 6 heteroatoms. The van der Waals surface area contributed by atoms with Gasteiger partial charge in [0, 0.05) is 11.1 Å². The normalized spacial score (nSPS) is 15.3. The Morgan fingerprint density at radius 1 is 0.966 bits per heavy atom. The van der Waals surface area contributed by atoms with Crippen molar-refractivity contribution in [2.75, 3.05) is 6.79 Å². The Morgan fingerprint density at radius 2 is 1.86 bits per heavy atom. The number of aliphatic imine (C=N–C) groups is 1. The average molecular weight is 419 g/mol. The summed E-state index contributed by atoms with van der Waals surface area (Å²) in [4.78, 5) is 11.3. The van der Waals surface area contributed by atoms with Crippen molar-refractivity contribution in [3.63, 3.8) is 0 Å². The van der Waals surface area contributed by atoms with Crippen molar-refractivity contribution >= 4 is 44.1 Å². The molecule has 0 radical (unpaired) electrons. The zero-order valence-corrected chi connectivity index (χ0v) is 17.3. The molecular formula is C23H18N2O2S2. The number of para-hydroxylation sites is 1. The van der Waals surface area contributed by atoms with Crippen molar-refractivity contribution in [2.45, 2.75) is 25.7 Å². The quantitative estimate of drug-likeness (QED) is 0.362. The number of ether oxygens (including phenoxy) is 2. The van der Waals surface area contributed by atoms with Gasteiger partial charge in [-0.15, -0.1) is 22.7 Å². The van der Waals surface area contributed by atoms with Gasteiger partial charge in [0.1, 0.15) is 10.0 Å². The molecule has 3 heterocycles. The number of rotatable bonds is 3. The number of hydrogen-bond donors (Lipinski definition) is 0. The van der Waals surface area contributed by atoms with Crippen LogP contribution < -0.4 is 9.47 Å². The van der Waals surface area contributed by atoms with Gasteiger partial charge in [-0.05, 0) is 67.1 Å². The van der Waals surface area contributed by atoms with Gasteiger partial charge in [0.25, 0.3) is 0 Å². The number of aromatic nitrogens is 1. The number of thiazole rings is 1. The molecule has 0 unspecified atom stereocenters. The van der Waals surface area contributed by atoms with E-state index in [0.29, 0.717) is 0 Å². The maximum atomic E-state index is 5.49. The lowest BCUT2D eigenvalue weighted by atomic mass is 9.96. The summed E-state index contributed by atoms with van der Waals surface area (Å²) in [5, 5.41) is 2.15. The first-order chi connectivity index (χ1) is 14.3. The third-order valence-corrected chi connectivity index (χ3v) is 7.64. The molecule has 1 aliphatic carbocycles. The topological polar surface area (TPSA) is 43.7 Å². The minimum Gasteiger partial charge on any atom is -0.454 e. The summed E-state index contributed by atoms with van der Waals surface area (Å²) in [6, 6.07) is 14.3. The Bertz CT molecular complexity index is 1220. The lowest BCUT2D eigenvalue weighted by molar-refractivity contribution is 0.174. The Labute approximate surface area is 176 Å². The van der Waals surface area contributed by atoms with Gasteiger partial charge in [-0.1, -0.05) is 12.1 Å². The second-order valence-corrected chi connectivity index (χ2v) is 9.36. The van der Waals surface area contributed by atoms with E-state index < -0.39 is 0 Å². The highest BCUT2D eigenvalue weighted by Crippen LogP contribution is 2.47. The van der Waals surface area contributed by atoms with E-state index >= 15 is 0 Å². The van der Waals surface area contributed by atoms with Crippen molar-refractivity contribution in [2.24, 2.45) is 4.99 Å². The van der Waals surface area contributed by atoms with Crippen LogP contribution in [0, 0.1) is 0 Å². The molecule has 4 aromatic rings. The van der Waals surface area contributed by atoms with Crippen molar-refractivity contribution < 1.29 is 9.47 Å². The van der Waals surface area contributed by atoms with E-state index in [4.69, 9.17) is 19.5 Å². The molecule has 2 aromatic carbocycles. The van der Waals surface area contributed by atoms with E-state index in [0.717, 1.165) is 45.4 Å². The summed E-state index contributed by atoms with van der Waals surface area (Å²) < 4.78 is 12.1. The monoisotopic (exact) mass is 418 g/mol. The van der Waals surface area contributed by atoms with Gasteiger partial charge < -0.3 is 9.47 Å². The van der Waals surface area contributed by atoms with Crippen LogP contribution in [0.5, 0.6) is 11.5 Å². The maximum absolute atomic E-state index is 5.49. The fourth-order valence-electron chi connectivity index (χ4n) is 3.97.